The van der Waals surface area contributed by atoms with Crippen molar-refractivity contribution >= 4 is 41.0 Å². The van der Waals surface area contributed by atoms with Crippen molar-refractivity contribution in [1.82, 2.24) is 15.1 Å². The van der Waals surface area contributed by atoms with Gasteiger partial charge in [-0.3, -0.25) is 14.5 Å². The molecule has 1 aliphatic carbocycles. The van der Waals surface area contributed by atoms with Crippen molar-refractivity contribution in [2.24, 2.45) is 0 Å². The van der Waals surface area contributed by atoms with Gasteiger partial charge in [-0.2, -0.15) is 5.10 Å². The quantitative estimate of drug-likeness (QED) is 0.327. The van der Waals surface area contributed by atoms with E-state index in [1.54, 1.807) is 21.3 Å². The number of carbonyl (C=O) groups excluding carboxylic acids is 2. The van der Waals surface area contributed by atoms with Crippen molar-refractivity contribution in [2.75, 3.05) is 17.2 Å². The molecule has 1 aromatic heterocycles. The third kappa shape index (κ3) is 4.84. The molecule has 1 fully saturated rings. The van der Waals surface area contributed by atoms with Gasteiger partial charge >= 0.3 is 0 Å². The van der Waals surface area contributed by atoms with E-state index in [9.17, 15) is 9.59 Å². The van der Waals surface area contributed by atoms with E-state index in [0.717, 1.165) is 40.8 Å². The molecule has 1 saturated carbocycles. The number of hydrogen-bond acceptors (Lipinski definition) is 4. The van der Waals surface area contributed by atoms with Gasteiger partial charge in [-0.15, -0.1) is 11.8 Å². The fourth-order valence-electron chi connectivity index (χ4n) is 4.86. The van der Waals surface area contributed by atoms with Crippen LogP contribution in [0.4, 0.5) is 5.82 Å². The summed E-state index contributed by atoms with van der Waals surface area (Å²) in [5, 5.41) is 8.47. The Morgan fingerprint density at radius 3 is 2.55 bits per heavy atom. The maximum absolute atomic E-state index is 13.7. The SMILES string of the molecule is Cc1cccc([C@@H]2SCC(=O)N(CC(=O)NC3CC3)c3c2c(-c2ccccc2)nn3-c2ccccc2Cl)c1. The number of aromatic nitrogens is 2. The monoisotopic (exact) mass is 542 g/mol. The Labute approximate surface area is 231 Å². The number of halogens is 1. The third-order valence-corrected chi connectivity index (χ3v) is 8.38. The van der Waals surface area contributed by atoms with Crippen LogP contribution in [0.15, 0.2) is 78.9 Å². The van der Waals surface area contributed by atoms with Gasteiger partial charge in [0.1, 0.15) is 12.4 Å². The van der Waals surface area contributed by atoms with Gasteiger partial charge < -0.3 is 5.32 Å². The minimum atomic E-state index is -0.170. The molecule has 0 unspecified atom stereocenters. The van der Waals surface area contributed by atoms with Crippen molar-refractivity contribution in [3.8, 4) is 16.9 Å². The Hall–Kier alpha value is -3.55. The lowest BCUT2D eigenvalue weighted by Crippen LogP contribution is -2.43. The molecule has 0 spiro atoms. The lowest BCUT2D eigenvalue weighted by atomic mass is 9.98. The van der Waals surface area contributed by atoms with Gasteiger partial charge in [-0.25, -0.2) is 4.68 Å². The van der Waals surface area contributed by atoms with Crippen LogP contribution in [0.5, 0.6) is 0 Å². The zero-order valence-electron chi connectivity index (χ0n) is 20.9. The van der Waals surface area contributed by atoms with Gasteiger partial charge in [-0.05, 0) is 37.5 Å². The summed E-state index contributed by atoms with van der Waals surface area (Å²) in [4.78, 5) is 28.4. The molecule has 0 bridgehead atoms. The number of carbonyl (C=O) groups is 2. The number of thioether (sulfide) groups is 1. The topological polar surface area (TPSA) is 67.2 Å². The van der Waals surface area contributed by atoms with Crippen LogP contribution in [0.3, 0.4) is 0 Å². The molecular formula is C30H27ClN4O2S. The molecule has 3 aromatic carbocycles. The molecule has 1 atom stereocenters. The number of hydrogen-bond donors (Lipinski definition) is 1. The van der Waals surface area contributed by atoms with Crippen LogP contribution in [0.25, 0.3) is 16.9 Å². The molecule has 38 heavy (non-hydrogen) atoms. The number of aryl methyl sites for hydroxylation is 1. The number of amides is 2. The van der Waals surface area contributed by atoms with Gasteiger partial charge in [0.2, 0.25) is 11.8 Å². The van der Waals surface area contributed by atoms with Crippen LogP contribution in [0.2, 0.25) is 5.02 Å². The largest absolute Gasteiger partial charge is 0.352 e. The van der Waals surface area contributed by atoms with Gasteiger partial charge in [-0.1, -0.05) is 83.9 Å². The van der Waals surface area contributed by atoms with E-state index >= 15 is 0 Å². The first kappa shape index (κ1) is 24.8. The van der Waals surface area contributed by atoms with Crippen LogP contribution in [0.1, 0.15) is 34.8 Å². The molecule has 2 amide bonds. The highest BCUT2D eigenvalue weighted by Crippen LogP contribution is 2.49. The molecule has 6 nitrogen and oxygen atoms in total. The van der Waals surface area contributed by atoms with Gasteiger partial charge in [0.25, 0.3) is 0 Å². The third-order valence-electron chi connectivity index (χ3n) is 6.81. The second kappa shape index (κ2) is 10.3. The molecular weight excluding hydrogens is 516 g/mol. The molecule has 8 heteroatoms. The number of nitrogens with one attached hydrogen (secondary N) is 1. The first-order valence-corrected chi connectivity index (χ1v) is 14.1. The lowest BCUT2D eigenvalue weighted by Gasteiger charge is -2.23. The second-order valence-electron chi connectivity index (χ2n) is 9.74. The fourth-order valence-corrected chi connectivity index (χ4v) is 6.26. The first-order valence-electron chi connectivity index (χ1n) is 12.7. The minimum Gasteiger partial charge on any atom is -0.352 e. The van der Waals surface area contributed by atoms with E-state index in [1.165, 1.54) is 0 Å². The summed E-state index contributed by atoms with van der Waals surface area (Å²) in [6, 6.07) is 26.0. The molecule has 192 valence electrons. The van der Waals surface area contributed by atoms with Gasteiger partial charge in [0, 0.05) is 17.2 Å². The molecule has 6 rings (SSSR count). The average Bonchev–Trinajstić information content (AvgIpc) is 3.67. The van der Waals surface area contributed by atoms with Crippen molar-refractivity contribution in [1.29, 1.82) is 0 Å². The van der Waals surface area contributed by atoms with Crippen LogP contribution in [0, 0.1) is 6.92 Å². The van der Waals surface area contributed by atoms with E-state index in [1.807, 2.05) is 60.7 Å². The normalized spacial score (nSPS) is 17.2. The van der Waals surface area contributed by atoms with E-state index in [2.05, 4.69) is 30.4 Å². The smallest absolute Gasteiger partial charge is 0.240 e. The highest BCUT2D eigenvalue weighted by molar-refractivity contribution is 8.00. The van der Waals surface area contributed by atoms with Crippen LogP contribution in [-0.4, -0.2) is 39.9 Å². The zero-order chi connectivity index (χ0) is 26.2. The molecule has 4 aromatic rings. The Balaban J connectivity index is 1.62. The Bertz CT molecular complexity index is 1520. The first-order chi connectivity index (χ1) is 18.5. The van der Waals surface area contributed by atoms with E-state index in [0.29, 0.717) is 16.5 Å². The summed E-state index contributed by atoms with van der Waals surface area (Å²) in [5.41, 5.74) is 5.48. The maximum Gasteiger partial charge on any atom is 0.240 e. The minimum absolute atomic E-state index is 0.0756. The van der Waals surface area contributed by atoms with Gasteiger partial charge in [0.05, 0.1) is 27.4 Å². The van der Waals surface area contributed by atoms with Gasteiger partial charge in [0.15, 0.2) is 0 Å². The maximum atomic E-state index is 13.7. The molecule has 1 N–H and O–H groups in total. The summed E-state index contributed by atoms with van der Waals surface area (Å²) < 4.78 is 1.75. The molecule has 1 aliphatic heterocycles. The summed E-state index contributed by atoms with van der Waals surface area (Å²) in [6.45, 7) is 1.99. The van der Waals surface area contributed by atoms with E-state index in [-0.39, 0.29) is 35.4 Å². The highest BCUT2D eigenvalue weighted by atomic mass is 35.5. The standard InChI is InChI=1S/C30H27ClN4O2S/c1-19-8-7-11-21(16-19)29-27-28(20-9-3-2-4-10-20)33-35(24-13-6-5-12-23(24)31)30(27)34(26(37)18-38-29)17-25(36)32-22-14-15-22/h2-13,16,22,29H,14-15,17-18H2,1H3,(H,32,36)/t29-/m0/s1. The number of rotatable bonds is 6. The zero-order valence-corrected chi connectivity index (χ0v) is 22.5. The molecule has 2 aliphatic rings. The molecule has 0 saturated heterocycles. The van der Waals surface area contributed by atoms with Crippen LogP contribution < -0.4 is 10.2 Å². The second-order valence-corrected chi connectivity index (χ2v) is 11.2. The van der Waals surface area contributed by atoms with Crippen LogP contribution >= 0.6 is 23.4 Å². The van der Waals surface area contributed by atoms with E-state index in [4.69, 9.17) is 16.7 Å². The van der Waals surface area contributed by atoms with Crippen molar-refractivity contribution in [2.45, 2.75) is 31.1 Å². The molecule has 0 radical (unpaired) electrons. The summed E-state index contributed by atoms with van der Waals surface area (Å²) in [5.74, 6) is 0.523. The number of anilines is 1. The Morgan fingerprint density at radius 2 is 1.82 bits per heavy atom. The summed E-state index contributed by atoms with van der Waals surface area (Å²) >= 11 is 8.26. The summed E-state index contributed by atoms with van der Waals surface area (Å²) in [7, 11) is 0. The van der Waals surface area contributed by atoms with Crippen molar-refractivity contribution < 1.29 is 9.59 Å². The number of benzene rings is 3. The number of nitrogens with zero attached hydrogens (tertiary/aromatic N) is 3. The molecule has 2 heterocycles. The van der Waals surface area contributed by atoms with Crippen LogP contribution in [-0.2, 0) is 9.59 Å². The number of fused-ring (bicyclic) bond motifs is 1. The Kier molecular flexibility index (Phi) is 6.72. The predicted molar refractivity (Wildman–Crippen MR) is 153 cm³/mol. The van der Waals surface area contributed by atoms with Crippen molar-refractivity contribution in [3.63, 3.8) is 0 Å². The van der Waals surface area contributed by atoms with Crippen molar-refractivity contribution in [3.05, 3.63) is 101 Å². The number of para-hydroxylation sites is 1. The fraction of sp³-hybridized carbons (Fsp3) is 0.233. The summed E-state index contributed by atoms with van der Waals surface area (Å²) in [6.07, 6.45) is 1.96. The Morgan fingerprint density at radius 1 is 1.05 bits per heavy atom. The average molecular weight is 543 g/mol. The lowest BCUT2D eigenvalue weighted by molar-refractivity contribution is -0.123. The van der Waals surface area contributed by atoms with E-state index < -0.39 is 0 Å². The highest BCUT2D eigenvalue weighted by Gasteiger charge is 2.38. The predicted octanol–water partition coefficient (Wildman–Crippen LogP) is 5.95.